The molecule has 0 spiro atoms. The Hall–Kier alpha value is -5.05. The molecule has 4 aromatic carbocycles. The summed E-state index contributed by atoms with van der Waals surface area (Å²) < 4.78 is 18.3. The first-order chi connectivity index (χ1) is 19.5. The first-order valence-corrected chi connectivity index (χ1v) is 13.0. The number of aromatic nitrogens is 2. The van der Waals surface area contributed by atoms with Gasteiger partial charge in [-0.15, -0.1) is 0 Å². The van der Waals surface area contributed by atoms with Crippen LogP contribution in [0.5, 0.6) is 17.2 Å². The van der Waals surface area contributed by atoms with Crippen molar-refractivity contribution in [3.05, 3.63) is 75.6 Å². The average Bonchev–Trinajstić information content (AvgIpc) is 3.55. The Bertz CT molecular complexity index is 2150. The number of amides is 1. The highest BCUT2D eigenvalue weighted by atomic mass is 16.5. The van der Waals surface area contributed by atoms with Crippen LogP contribution in [-0.4, -0.2) is 43.7 Å². The van der Waals surface area contributed by atoms with E-state index >= 15 is 0 Å². The molecule has 0 radical (unpaired) electrons. The van der Waals surface area contributed by atoms with E-state index in [4.69, 9.17) is 19.2 Å². The van der Waals surface area contributed by atoms with E-state index in [0.717, 1.165) is 38.7 Å². The van der Waals surface area contributed by atoms with Gasteiger partial charge < -0.3 is 24.4 Å². The van der Waals surface area contributed by atoms with Crippen LogP contribution in [-0.2, 0) is 6.42 Å². The second-order valence-electron chi connectivity index (χ2n) is 10.2. The summed E-state index contributed by atoms with van der Waals surface area (Å²) in [4.78, 5) is 34.8. The van der Waals surface area contributed by atoms with Gasteiger partial charge in [0.25, 0.3) is 11.5 Å². The molecule has 2 aliphatic rings. The Kier molecular flexibility index (Phi) is 4.44. The lowest BCUT2D eigenvalue weighted by molar-refractivity contribution is 0.0978. The fourth-order valence-electron chi connectivity index (χ4n) is 6.71. The number of fused-ring (bicyclic) bond motifs is 8. The van der Waals surface area contributed by atoms with Gasteiger partial charge in [0.15, 0.2) is 11.5 Å². The van der Waals surface area contributed by atoms with Gasteiger partial charge >= 0.3 is 0 Å². The number of benzene rings is 4. The molecule has 1 amide bonds. The number of ether oxygens (including phenoxy) is 3. The Labute approximate surface area is 227 Å². The molecular weight excluding hydrogens is 508 g/mol. The van der Waals surface area contributed by atoms with Crippen molar-refractivity contribution in [2.45, 2.75) is 12.5 Å². The van der Waals surface area contributed by atoms with E-state index in [-0.39, 0.29) is 17.5 Å². The molecule has 8 rings (SSSR count). The molecule has 198 valence electrons. The molecular formula is C31H24N4O5. The van der Waals surface area contributed by atoms with E-state index in [1.165, 1.54) is 0 Å². The fourth-order valence-corrected chi connectivity index (χ4v) is 6.71. The summed E-state index contributed by atoms with van der Waals surface area (Å²) in [6.45, 7) is 0. The smallest absolute Gasteiger partial charge is 0.264 e. The molecule has 9 heteroatoms. The monoisotopic (exact) mass is 532 g/mol. The first kappa shape index (κ1) is 22.9. The van der Waals surface area contributed by atoms with Gasteiger partial charge in [-0.05, 0) is 41.8 Å². The molecule has 0 fully saturated rings. The van der Waals surface area contributed by atoms with Crippen LogP contribution in [0.4, 0.5) is 11.4 Å². The molecule has 1 N–H and O–H groups in total. The zero-order valence-corrected chi connectivity index (χ0v) is 22.3. The molecule has 40 heavy (non-hydrogen) atoms. The molecule has 2 aromatic heterocycles. The zero-order valence-electron chi connectivity index (χ0n) is 22.3. The predicted octanol–water partition coefficient (Wildman–Crippen LogP) is 4.92. The number of hydrogen-bond donors (Lipinski definition) is 1. The predicted molar refractivity (Wildman–Crippen MR) is 154 cm³/mol. The highest BCUT2D eigenvalue weighted by molar-refractivity contribution is 6.26. The van der Waals surface area contributed by atoms with Gasteiger partial charge in [-0.25, -0.2) is 4.98 Å². The normalized spacial score (nSPS) is 15.8. The van der Waals surface area contributed by atoms with Crippen molar-refractivity contribution in [1.29, 1.82) is 0 Å². The van der Waals surface area contributed by atoms with Crippen molar-refractivity contribution < 1.29 is 19.0 Å². The SMILES string of the molecule is CNc1cc2c(cc1OC)nc1c3ccc4c5c(ccc(c(=O)n21)c53)C(=O)N1c2cc(OC)c(OC)cc2CC41. The number of carbonyl (C=O) groups excluding carboxylic acids is 1. The number of methoxy groups -OCH3 is 3. The maximum Gasteiger partial charge on any atom is 0.264 e. The van der Waals surface area contributed by atoms with Crippen molar-refractivity contribution in [1.82, 2.24) is 9.38 Å². The van der Waals surface area contributed by atoms with Crippen LogP contribution < -0.4 is 30.0 Å². The summed E-state index contributed by atoms with van der Waals surface area (Å²) in [7, 11) is 6.61. The molecule has 9 nitrogen and oxygen atoms in total. The summed E-state index contributed by atoms with van der Waals surface area (Å²) in [5.74, 6) is 1.76. The number of hydrogen-bond acceptors (Lipinski definition) is 7. The fraction of sp³-hybridized carbons (Fsp3) is 0.194. The topological polar surface area (TPSA) is 94.4 Å². The van der Waals surface area contributed by atoms with E-state index in [9.17, 15) is 9.59 Å². The standard InChI is InChI=1S/C31H24N4O5/c1-32-20-11-23-19(12-24(20)38-2)33-29-16-6-5-15-22-9-14-10-25(39-3)26(40-4)13-21(14)34(22)30(36)17-7-8-18(28(16)27(15)17)31(37)35(23)29/h5-8,10-13,22,32H,9H2,1-4H3. The van der Waals surface area contributed by atoms with Gasteiger partial charge in [0.1, 0.15) is 11.4 Å². The summed E-state index contributed by atoms with van der Waals surface area (Å²) in [5, 5.41) is 6.13. The third kappa shape index (κ3) is 2.64. The van der Waals surface area contributed by atoms with Crippen molar-refractivity contribution in [2.75, 3.05) is 38.6 Å². The first-order valence-electron chi connectivity index (χ1n) is 13.0. The van der Waals surface area contributed by atoms with Crippen molar-refractivity contribution in [2.24, 2.45) is 0 Å². The van der Waals surface area contributed by atoms with Crippen molar-refractivity contribution in [3.63, 3.8) is 0 Å². The minimum atomic E-state index is -0.200. The molecule has 4 heterocycles. The molecule has 0 bridgehead atoms. The lowest BCUT2D eigenvalue weighted by Crippen LogP contribution is -2.36. The molecule has 1 unspecified atom stereocenters. The molecule has 2 aliphatic heterocycles. The molecule has 0 aliphatic carbocycles. The highest BCUT2D eigenvalue weighted by Crippen LogP contribution is 2.51. The van der Waals surface area contributed by atoms with Gasteiger partial charge in [-0.3, -0.25) is 14.0 Å². The lowest BCUT2D eigenvalue weighted by Gasteiger charge is -2.33. The van der Waals surface area contributed by atoms with Crippen molar-refractivity contribution >= 4 is 55.5 Å². The number of pyridine rings is 1. The largest absolute Gasteiger partial charge is 0.495 e. The number of anilines is 2. The summed E-state index contributed by atoms with van der Waals surface area (Å²) >= 11 is 0. The molecule has 1 atom stereocenters. The summed E-state index contributed by atoms with van der Waals surface area (Å²) in [5.41, 5.74) is 5.94. The Morgan fingerprint density at radius 2 is 1.62 bits per heavy atom. The lowest BCUT2D eigenvalue weighted by atomic mass is 9.86. The maximum absolute atomic E-state index is 14.1. The van der Waals surface area contributed by atoms with E-state index in [2.05, 4.69) is 11.4 Å². The van der Waals surface area contributed by atoms with Crippen molar-refractivity contribution in [3.8, 4) is 17.2 Å². The van der Waals surface area contributed by atoms with Crippen LogP contribution in [0.25, 0.3) is 38.2 Å². The number of carbonyl (C=O) groups is 1. The highest BCUT2D eigenvalue weighted by Gasteiger charge is 2.42. The number of rotatable bonds is 4. The minimum Gasteiger partial charge on any atom is -0.495 e. The molecule has 0 saturated heterocycles. The summed E-state index contributed by atoms with van der Waals surface area (Å²) in [6.07, 6.45) is 0.637. The zero-order chi connectivity index (χ0) is 27.4. The second kappa shape index (κ2) is 7.75. The maximum atomic E-state index is 14.1. The van der Waals surface area contributed by atoms with Crippen LogP contribution in [0.2, 0.25) is 0 Å². The van der Waals surface area contributed by atoms with Crippen LogP contribution >= 0.6 is 0 Å². The molecule has 6 aromatic rings. The van der Waals surface area contributed by atoms with Gasteiger partial charge in [0, 0.05) is 46.3 Å². The second-order valence-corrected chi connectivity index (χ2v) is 10.2. The van der Waals surface area contributed by atoms with Crippen LogP contribution in [0.3, 0.4) is 0 Å². The van der Waals surface area contributed by atoms with E-state index in [1.54, 1.807) is 37.9 Å². The van der Waals surface area contributed by atoms with Crippen LogP contribution in [0.15, 0.2) is 53.3 Å². The third-order valence-electron chi connectivity index (χ3n) is 8.49. The van der Waals surface area contributed by atoms with E-state index < -0.39 is 0 Å². The number of nitrogens with one attached hydrogen (secondary N) is 1. The Morgan fingerprint density at radius 1 is 0.875 bits per heavy atom. The van der Waals surface area contributed by atoms with Gasteiger partial charge in [-0.1, -0.05) is 12.1 Å². The number of nitrogens with zero attached hydrogens (tertiary/aromatic N) is 3. The van der Waals surface area contributed by atoms with E-state index in [0.29, 0.717) is 51.3 Å². The van der Waals surface area contributed by atoms with E-state index in [1.807, 2.05) is 42.3 Å². The number of imidazole rings is 1. The third-order valence-corrected chi connectivity index (χ3v) is 8.49. The van der Waals surface area contributed by atoms with Crippen LogP contribution in [0.1, 0.15) is 27.5 Å². The summed E-state index contributed by atoms with van der Waals surface area (Å²) in [6, 6.07) is 15.0. The minimum absolute atomic E-state index is 0.0953. The van der Waals surface area contributed by atoms with Gasteiger partial charge in [0.05, 0.1) is 49.8 Å². The Morgan fingerprint density at radius 3 is 2.38 bits per heavy atom. The Balaban J connectivity index is 1.43. The van der Waals surface area contributed by atoms with Gasteiger partial charge in [-0.2, -0.15) is 0 Å². The van der Waals surface area contributed by atoms with Gasteiger partial charge in [0.2, 0.25) is 0 Å². The average molecular weight is 533 g/mol. The quantitative estimate of drug-likeness (QED) is 0.345. The molecule has 0 saturated carbocycles. The van der Waals surface area contributed by atoms with Crippen LogP contribution in [0, 0.1) is 0 Å².